The molecule has 0 radical (unpaired) electrons. The van der Waals surface area contributed by atoms with Crippen LogP contribution in [-0.4, -0.2) is 40.9 Å². The SMILES string of the molecule is O=P(O)(OCl)OC(F)(F)C(F)(F)C(F)(F)C(F)(F)C(F)(F)C(F)(F)F. The highest BCUT2D eigenvalue weighted by Crippen LogP contribution is 2.62. The Kier molecular flexibility index (Phi) is 6.15. The number of hydrogen-bond donors (Lipinski definition) is 1. The molecule has 0 heterocycles. The van der Waals surface area contributed by atoms with E-state index in [2.05, 4.69) is 20.5 Å². The van der Waals surface area contributed by atoms with Gasteiger partial charge in [0, 0.05) is 0 Å². The highest BCUT2D eigenvalue weighted by atomic mass is 35.5. The molecular weight excluding hydrogens is 449 g/mol. The fourth-order valence-electron chi connectivity index (χ4n) is 0.971. The second-order valence-electron chi connectivity index (χ2n) is 3.94. The van der Waals surface area contributed by atoms with Gasteiger partial charge in [-0.05, 0) is 0 Å². The molecule has 0 saturated heterocycles. The molecule has 0 fully saturated rings. The van der Waals surface area contributed by atoms with Gasteiger partial charge in [0.2, 0.25) is 0 Å². The molecule has 0 saturated carbocycles. The van der Waals surface area contributed by atoms with Crippen molar-refractivity contribution in [2.45, 2.75) is 36.0 Å². The van der Waals surface area contributed by atoms with Gasteiger partial charge < -0.3 is 4.89 Å². The molecule has 152 valence electrons. The van der Waals surface area contributed by atoms with Gasteiger partial charge >= 0.3 is 43.8 Å². The lowest BCUT2D eigenvalue weighted by Crippen LogP contribution is -2.70. The summed E-state index contributed by atoms with van der Waals surface area (Å²) in [5.74, 6) is -32.1. The van der Waals surface area contributed by atoms with Crippen molar-refractivity contribution in [3.05, 3.63) is 0 Å². The van der Waals surface area contributed by atoms with Gasteiger partial charge in [0.05, 0.1) is 11.9 Å². The Labute approximate surface area is 132 Å². The van der Waals surface area contributed by atoms with E-state index in [-0.39, 0.29) is 0 Å². The Balaban J connectivity index is 6.25. The summed E-state index contributed by atoms with van der Waals surface area (Å²) in [5.41, 5.74) is 0. The number of hydrogen-bond acceptors (Lipinski definition) is 3. The normalized spacial score (nSPS) is 18.2. The average Bonchev–Trinajstić information content (AvgIpc) is 2.35. The number of rotatable bonds is 7. The van der Waals surface area contributed by atoms with Crippen molar-refractivity contribution in [1.29, 1.82) is 0 Å². The molecule has 4 nitrogen and oxygen atoms in total. The summed E-state index contributed by atoms with van der Waals surface area (Å²) < 4.78 is 178. The Morgan fingerprint density at radius 1 is 0.680 bits per heavy atom. The lowest BCUT2D eigenvalue weighted by atomic mass is 9.97. The molecule has 0 spiro atoms. The molecule has 25 heavy (non-hydrogen) atoms. The van der Waals surface area contributed by atoms with Crippen LogP contribution in [0.5, 0.6) is 0 Å². The van der Waals surface area contributed by atoms with Crippen LogP contribution in [0.15, 0.2) is 0 Å². The molecule has 0 rings (SSSR count). The van der Waals surface area contributed by atoms with Crippen molar-refractivity contribution >= 4 is 19.7 Å². The zero-order chi connectivity index (χ0) is 20.9. The van der Waals surface area contributed by atoms with E-state index < -0.39 is 43.8 Å². The van der Waals surface area contributed by atoms with Gasteiger partial charge in [-0.1, -0.05) is 0 Å². The van der Waals surface area contributed by atoms with Crippen LogP contribution in [0, 0.1) is 0 Å². The average molecular weight is 450 g/mol. The topological polar surface area (TPSA) is 55.8 Å². The van der Waals surface area contributed by atoms with E-state index >= 15 is 0 Å². The summed E-state index contributed by atoms with van der Waals surface area (Å²) in [7, 11) is -6.54. The van der Waals surface area contributed by atoms with Crippen molar-refractivity contribution in [2.24, 2.45) is 0 Å². The van der Waals surface area contributed by atoms with Crippen LogP contribution >= 0.6 is 19.7 Å². The zero-order valence-electron chi connectivity index (χ0n) is 10.4. The second kappa shape index (κ2) is 6.28. The van der Waals surface area contributed by atoms with Crippen LogP contribution in [0.3, 0.4) is 0 Å². The summed E-state index contributed by atoms with van der Waals surface area (Å²) in [6, 6.07) is 0. The van der Waals surface area contributed by atoms with Gasteiger partial charge in [-0.2, -0.15) is 61.2 Å². The molecule has 0 aromatic heterocycles. The van der Waals surface area contributed by atoms with E-state index in [0.29, 0.717) is 0 Å². The van der Waals surface area contributed by atoms with Gasteiger partial charge in [-0.25, -0.2) is 9.09 Å². The lowest BCUT2D eigenvalue weighted by molar-refractivity contribution is -0.457. The van der Waals surface area contributed by atoms with Crippen molar-refractivity contribution < 1.29 is 75.1 Å². The number of phosphoric ester groups is 1. The Bertz CT molecular complexity index is 545. The van der Waals surface area contributed by atoms with Crippen LogP contribution in [0.2, 0.25) is 0 Å². The van der Waals surface area contributed by atoms with E-state index in [1.807, 2.05) is 0 Å². The Morgan fingerprint density at radius 3 is 1.28 bits per heavy atom. The highest BCUT2D eigenvalue weighted by molar-refractivity contribution is 7.48. The van der Waals surface area contributed by atoms with E-state index in [0.717, 1.165) is 0 Å². The number of alkyl halides is 13. The molecule has 1 unspecified atom stereocenters. The van der Waals surface area contributed by atoms with Crippen molar-refractivity contribution in [1.82, 2.24) is 0 Å². The minimum Gasteiger partial charge on any atom is -0.301 e. The van der Waals surface area contributed by atoms with Crippen molar-refractivity contribution in [2.75, 3.05) is 0 Å². The summed E-state index contributed by atoms with van der Waals surface area (Å²) >= 11 is 3.97. The predicted octanol–water partition coefficient (Wildman–Crippen LogP) is 4.97. The Hall–Kier alpha value is -0.510. The maximum absolute atomic E-state index is 12.9. The first kappa shape index (κ1) is 24.5. The summed E-state index contributed by atoms with van der Waals surface area (Å²) in [6.07, 6.45) is -14.8. The van der Waals surface area contributed by atoms with E-state index in [9.17, 15) is 61.6 Å². The fourth-order valence-corrected chi connectivity index (χ4v) is 1.49. The van der Waals surface area contributed by atoms with Crippen LogP contribution in [-0.2, 0) is 13.2 Å². The minimum atomic E-state index is -8.16. The zero-order valence-corrected chi connectivity index (χ0v) is 12.1. The molecule has 1 atom stereocenters. The van der Waals surface area contributed by atoms with E-state index in [4.69, 9.17) is 4.89 Å². The number of halogens is 14. The Morgan fingerprint density at radius 2 is 1.00 bits per heavy atom. The smallest absolute Gasteiger partial charge is 0.301 e. The summed E-state index contributed by atoms with van der Waals surface area (Å²) in [6.45, 7) is 0. The third-order valence-corrected chi connectivity index (χ3v) is 3.38. The van der Waals surface area contributed by atoms with Crippen molar-refractivity contribution in [3.8, 4) is 0 Å². The highest BCUT2D eigenvalue weighted by Gasteiger charge is 2.91. The molecule has 0 bridgehead atoms. The van der Waals surface area contributed by atoms with Gasteiger partial charge in [0.25, 0.3) is 0 Å². The molecule has 0 aliphatic heterocycles. The lowest BCUT2D eigenvalue weighted by Gasteiger charge is -2.39. The maximum atomic E-state index is 12.9. The predicted molar refractivity (Wildman–Crippen MR) is 48.6 cm³/mol. The first-order valence-electron chi connectivity index (χ1n) is 4.81. The first-order valence-corrected chi connectivity index (χ1v) is 6.62. The van der Waals surface area contributed by atoms with Crippen LogP contribution in [0.4, 0.5) is 57.1 Å². The summed E-state index contributed by atoms with van der Waals surface area (Å²) in [5, 5.41) is 0. The summed E-state index contributed by atoms with van der Waals surface area (Å²) in [4.78, 5) is 8.19. The first-order chi connectivity index (χ1) is 10.5. The fraction of sp³-hybridized carbons (Fsp3) is 1.00. The molecule has 0 amide bonds. The molecule has 0 aromatic carbocycles. The largest absolute Gasteiger partial charge is 0.493 e. The van der Waals surface area contributed by atoms with Crippen molar-refractivity contribution in [3.63, 3.8) is 0 Å². The quantitative estimate of drug-likeness (QED) is 0.440. The van der Waals surface area contributed by atoms with E-state index in [1.54, 1.807) is 0 Å². The van der Waals surface area contributed by atoms with Crippen LogP contribution in [0.1, 0.15) is 0 Å². The standard InChI is InChI=1S/C6HClF13O4P/c7-24-25(21,22)23-6(19,20)4(14,15)2(10,11)1(8,9)3(12,13)5(16,17)18/h(H,21,22). The molecule has 0 aliphatic rings. The monoisotopic (exact) mass is 450 g/mol. The third-order valence-electron chi connectivity index (χ3n) is 2.22. The minimum absolute atomic E-state index is 2.05. The van der Waals surface area contributed by atoms with Gasteiger partial charge in [-0.3, -0.25) is 0 Å². The van der Waals surface area contributed by atoms with Gasteiger partial charge in [0.15, 0.2) is 0 Å². The molecule has 19 heteroatoms. The third kappa shape index (κ3) is 3.79. The molecular formula is C6HClF13O4P. The van der Waals surface area contributed by atoms with Crippen LogP contribution in [0.25, 0.3) is 0 Å². The molecule has 0 aromatic rings. The van der Waals surface area contributed by atoms with Gasteiger partial charge in [-0.15, -0.1) is 0 Å². The number of phosphoric acid groups is 1. The van der Waals surface area contributed by atoms with Gasteiger partial charge in [0.1, 0.15) is 0 Å². The second-order valence-corrected chi connectivity index (χ2v) is 5.61. The molecule has 1 N–H and O–H groups in total. The molecule has 0 aliphatic carbocycles. The maximum Gasteiger partial charge on any atom is 0.493 e. The van der Waals surface area contributed by atoms with Crippen LogP contribution < -0.4 is 0 Å². The van der Waals surface area contributed by atoms with E-state index in [1.165, 1.54) is 0 Å².